The number of methoxy groups -OCH3 is 1. The van der Waals surface area contributed by atoms with Crippen molar-refractivity contribution in [2.75, 3.05) is 24.3 Å². The number of nitrogens with one attached hydrogen (secondary N) is 3. The normalized spacial score (nSPS) is 10.4. The van der Waals surface area contributed by atoms with Crippen LogP contribution >= 0.6 is 0 Å². The average Bonchev–Trinajstić information content (AvgIpc) is 2.63. The van der Waals surface area contributed by atoms with Crippen LogP contribution in [0.1, 0.15) is 6.92 Å². The highest BCUT2D eigenvalue weighted by Gasteiger charge is 2.07. The summed E-state index contributed by atoms with van der Waals surface area (Å²) in [7, 11) is 1.48. The lowest BCUT2D eigenvalue weighted by atomic mass is 10.2. The lowest BCUT2D eigenvalue weighted by Gasteiger charge is -2.09. The van der Waals surface area contributed by atoms with E-state index in [1.165, 1.54) is 19.4 Å². The van der Waals surface area contributed by atoms with Crippen molar-refractivity contribution in [1.82, 2.24) is 20.3 Å². The van der Waals surface area contributed by atoms with Crippen LogP contribution in [0.5, 0.6) is 11.5 Å². The molecule has 2 amide bonds. The monoisotopic (exact) mass is 354 g/mol. The number of benzene rings is 1. The Morgan fingerprint density at radius 1 is 1.19 bits per heavy atom. The molecule has 2 heterocycles. The fourth-order valence-corrected chi connectivity index (χ4v) is 2.25. The standard InChI is InChI=1S/C17H18N6O3/c1-3-18-17(25)23-15-9-19-11-5-7-14(21-16(11)22-15)20-10-4-6-12(24)13(8-10)26-2/h4-9,24H,3H2,1-2H3,(H3,18,20,21,22,23,25). The number of phenols is 1. The third kappa shape index (κ3) is 3.89. The van der Waals surface area contributed by atoms with E-state index >= 15 is 0 Å². The average molecular weight is 354 g/mol. The number of nitrogens with zero attached hydrogens (tertiary/aromatic N) is 3. The van der Waals surface area contributed by atoms with Crippen molar-refractivity contribution in [2.24, 2.45) is 0 Å². The van der Waals surface area contributed by atoms with Crippen LogP contribution in [0, 0.1) is 0 Å². The first-order valence-corrected chi connectivity index (χ1v) is 7.91. The molecule has 3 rings (SSSR count). The largest absolute Gasteiger partial charge is 0.504 e. The molecule has 4 N–H and O–H groups in total. The fraction of sp³-hybridized carbons (Fsp3) is 0.176. The number of ether oxygens (including phenoxy) is 1. The fourth-order valence-electron chi connectivity index (χ4n) is 2.25. The maximum atomic E-state index is 11.6. The van der Waals surface area contributed by atoms with E-state index < -0.39 is 0 Å². The maximum Gasteiger partial charge on any atom is 0.320 e. The van der Waals surface area contributed by atoms with Crippen molar-refractivity contribution < 1.29 is 14.6 Å². The van der Waals surface area contributed by atoms with E-state index in [9.17, 15) is 9.90 Å². The van der Waals surface area contributed by atoms with Crippen LogP contribution < -0.4 is 20.7 Å². The number of urea groups is 1. The predicted molar refractivity (Wildman–Crippen MR) is 98.0 cm³/mol. The van der Waals surface area contributed by atoms with Gasteiger partial charge in [-0.1, -0.05) is 0 Å². The number of carbonyl (C=O) groups is 1. The van der Waals surface area contributed by atoms with Gasteiger partial charge in [-0.3, -0.25) is 5.32 Å². The molecule has 0 bridgehead atoms. The number of anilines is 3. The molecule has 0 aliphatic carbocycles. The number of amides is 2. The van der Waals surface area contributed by atoms with Crippen LogP contribution in [0.25, 0.3) is 11.2 Å². The summed E-state index contributed by atoms with van der Waals surface area (Å²) >= 11 is 0. The number of carbonyl (C=O) groups excluding carboxylic acids is 1. The zero-order chi connectivity index (χ0) is 18.5. The molecule has 0 spiro atoms. The van der Waals surface area contributed by atoms with Crippen LogP contribution in [0.4, 0.5) is 22.1 Å². The molecule has 0 saturated heterocycles. The van der Waals surface area contributed by atoms with Gasteiger partial charge in [-0.15, -0.1) is 0 Å². The van der Waals surface area contributed by atoms with Crippen molar-refractivity contribution in [2.45, 2.75) is 6.92 Å². The molecule has 0 unspecified atom stereocenters. The minimum atomic E-state index is -0.355. The molecular formula is C17H18N6O3. The Kier molecular flexibility index (Phi) is 4.97. The summed E-state index contributed by atoms with van der Waals surface area (Å²) in [4.78, 5) is 24.5. The highest BCUT2D eigenvalue weighted by Crippen LogP contribution is 2.30. The molecule has 2 aromatic heterocycles. The number of phenolic OH excluding ortho intramolecular Hbond substituents is 1. The van der Waals surface area contributed by atoms with Gasteiger partial charge in [0.15, 0.2) is 23.0 Å². The lowest BCUT2D eigenvalue weighted by Crippen LogP contribution is -2.28. The van der Waals surface area contributed by atoms with Gasteiger partial charge < -0.3 is 20.5 Å². The van der Waals surface area contributed by atoms with E-state index in [1.54, 1.807) is 24.3 Å². The summed E-state index contributed by atoms with van der Waals surface area (Å²) < 4.78 is 5.09. The van der Waals surface area contributed by atoms with Gasteiger partial charge in [0.05, 0.1) is 13.3 Å². The molecule has 134 valence electrons. The summed E-state index contributed by atoms with van der Waals surface area (Å²) in [6.45, 7) is 2.33. The number of rotatable bonds is 5. The zero-order valence-corrected chi connectivity index (χ0v) is 14.3. The Labute approximate surface area is 149 Å². The Morgan fingerprint density at radius 2 is 2.00 bits per heavy atom. The SMILES string of the molecule is CCNC(=O)Nc1cnc2ccc(Nc3ccc(O)c(OC)c3)nc2n1. The zero-order valence-electron chi connectivity index (χ0n) is 14.3. The predicted octanol–water partition coefficient (Wildman–Crippen LogP) is 2.62. The van der Waals surface area contributed by atoms with E-state index in [0.717, 1.165) is 0 Å². The second-order valence-electron chi connectivity index (χ2n) is 5.29. The van der Waals surface area contributed by atoms with Gasteiger partial charge in [-0.05, 0) is 31.2 Å². The molecule has 9 heteroatoms. The molecular weight excluding hydrogens is 336 g/mol. The molecule has 9 nitrogen and oxygen atoms in total. The summed E-state index contributed by atoms with van der Waals surface area (Å²) in [6, 6.07) is 8.05. The van der Waals surface area contributed by atoms with Gasteiger partial charge in [0.1, 0.15) is 11.3 Å². The summed E-state index contributed by atoms with van der Waals surface area (Å²) in [5.41, 5.74) is 1.67. The summed E-state index contributed by atoms with van der Waals surface area (Å²) in [5.74, 6) is 1.24. The molecule has 0 aliphatic rings. The minimum absolute atomic E-state index is 0.0523. The molecule has 0 fully saturated rings. The highest BCUT2D eigenvalue weighted by molar-refractivity contribution is 5.89. The third-order valence-electron chi connectivity index (χ3n) is 3.44. The van der Waals surface area contributed by atoms with Gasteiger partial charge in [0.25, 0.3) is 0 Å². The molecule has 26 heavy (non-hydrogen) atoms. The topological polar surface area (TPSA) is 121 Å². The van der Waals surface area contributed by atoms with Gasteiger partial charge in [0.2, 0.25) is 0 Å². The lowest BCUT2D eigenvalue weighted by molar-refractivity contribution is 0.252. The molecule has 0 radical (unpaired) electrons. The maximum absolute atomic E-state index is 11.6. The summed E-state index contributed by atoms with van der Waals surface area (Å²) in [5, 5.41) is 18.0. The first-order chi connectivity index (χ1) is 12.6. The van der Waals surface area contributed by atoms with E-state index in [2.05, 4.69) is 30.9 Å². The number of pyridine rings is 1. The molecule has 1 aromatic carbocycles. The number of aromatic nitrogens is 3. The molecule has 0 aliphatic heterocycles. The Bertz CT molecular complexity index is 947. The quantitative estimate of drug-likeness (QED) is 0.520. The Hall–Kier alpha value is -3.62. The van der Waals surface area contributed by atoms with Crippen LogP contribution in [-0.2, 0) is 0 Å². The second-order valence-corrected chi connectivity index (χ2v) is 5.29. The summed E-state index contributed by atoms with van der Waals surface area (Å²) in [6.07, 6.45) is 1.47. The first-order valence-electron chi connectivity index (χ1n) is 7.91. The minimum Gasteiger partial charge on any atom is -0.504 e. The molecule has 0 saturated carbocycles. The number of hydrogen-bond donors (Lipinski definition) is 4. The van der Waals surface area contributed by atoms with E-state index in [1.807, 2.05) is 6.92 Å². The number of aromatic hydroxyl groups is 1. The Balaban J connectivity index is 1.84. The van der Waals surface area contributed by atoms with Crippen LogP contribution in [0.15, 0.2) is 36.5 Å². The highest BCUT2D eigenvalue weighted by atomic mass is 16.5. The van der Waals surface area contributed by atoms with Crippen molar-refractivity contribution in [3.05, 3.63) is 36.5 Å². The van der Waals surface area contributed by atoms with Gasteiger partial charge >= 0.3 is 6.03 Å². The molecule has 3 aromatic rings. The van der Waals surface area contributed by atoms with Crippen molar-refractivity contribution in [1.29, 1.82) is 0 Å². The third-order valence-corrected chi connectivity index (χ3v) is 3.44. The van der Waals surface area contributed by atoms with Crippen LogP contribution in [-0.4, -0.2) is 39.7 Å². The van der Waals surface area contributed by atoms with Crippen molar-refractivity contribution in [3.8, 4) is 11.5 Å². The van der Waals surface area contributed by atoms with E-state index in [-0.39, 0.29) is 11.8 Å². The van der Waals surface area contributed by atoms with Crippen LogP contribution in [0.2, 0.25) is 0 Å². The first kappa shape index (κ1) is 17.2. The van der Waals surface area contributed by atoms with Gasteiger partial charge in [-0.2, -0.15) is 0 Å². The van der Waals surface area contributed by atoms with Crippen molar-refractivity contribution >= 4 is 34.5 Å². The second kappa shape index (κ2) is 7.51. The van der Waals surface area contributed by atoms with E-state index in [0.29, 0.717) is 40.8 Å². The van der Waals surface area contributed by atoms with Gasteiger partial charge in [0, 0.05) is 18.3 Å². The Morgan fingerprint density at radius 3 is 2.77 bits per heavy atom. The number of hydrogen-bond acceptors (Lipinski definition) is 7. The van der Waals surface area contributed by atoms with Gasteiger partial charge in [-0.25, -0.2) is 19.7 Å². The number of fused-ring (bicyclic) bond motifs is 1. The van der Waals surface area contributed by atoms with Crippen LogP contribution in [0.3, 0.4) is 0 Å². The van der Waals surface area contributed by atoms with Crippen molar-refractivity contribution in [3.63, 3.8) is 0 Å². The van der Waals surface area contributed by atoms with E-state index in [4.69, 9.17) is 4.74 Å². The molecule has 0 atom stereocenters. The smallest absolute Gasteiger partial charge is 0.320 e.